The molecule has 0 bridgehead atoms. The van der Waals surface area contributed by atoms with E-state index in [9.17, 15) is 18.7 Å². The number of aliphatic hydroxyl groups excluding tert-OH is 1. The van der Waals surface area contributed by atoms with Crippen LogP contribution in [-0.2, 0) is 16.0 Å². The van der Waals surface area contributed by atoms with Crippen molar-refractivity contribution in [1.82, 2.24) is 0 Å². The Hall–Kier alpha value is -2.47. The van der Waals surface area contributed by atoms with E-state index in [-0.39, 0.29) is 24.3 Å². The monoisotopic (exact) mass is 322 g/mol. The van der Waals surface area contributed by atoms with Crippen LogP contribution in [-0.4, -0.2) is 24.8 Å². The minimum atomic E-state index is -1.22. The normalized spacial score (nSPS) is 11.8. The van der Waals surface area contributed by atoms with Crippen LogP contribution in [0, 0.1) is 11.6 Å². The first-order valence-electron chi connectivity index (χ1n) is 6.91. The Morgan fingerprint density at radius 2 is 1.91 bits per heavy atom. The summed E-state index contributed by atoms with van der Waals surface area (Å²) < 4.78 is 37.1. The number of aliphatic hydroxyl groups is 1. The van der Waals surface area contributed by atoms with Crippen LogP contribution in [0.15, 0.2) is 42.5 Å². The Morgan fingerprint density at radius 1 is 1.17 bits per heavy atom. The molecule has 23 heavy (non-hydrogen) atoms. The molecule has 0 heterocycles. The lowest BCUT2D eigenvalue weighted by Crippen LogP contribution is -2.12. The smallest absolute Gasteiger partial charge is 0.309 e. The molecule has 0 saturated carbocycles. The van der Waals surface area contributed by atoms with Crippen LogP contribution >= 0.6 is 0 Å². The number of hydrogen-bond donors (Lipinski definition) is 1. The van der Waals surface area contributed by atoms with E-state index in [2.05, 4.69) is 4.74 Å². The second-order valence-electron chi connectivity index (χ2n) is 4.87. The molecule has 1 N–H and O–H groups in total. The van der Waals surface area contributed by atoms with E-state index >= 15 is 0 Å². The molecule has 0 aromatic heterocycles. The standard InChI is InChI=1S/C17H16F2O4/c1-22-17(21)9-11-6-7-16(14(19)8-11)23-10-15(20)12-4-2-3-5-13(12)18/h2-8,15,20H,9-10H2,1H3. The number of esters is 1. The SMILES string of the molecule is COC(=O)Cc1ccc(OCC(O)c2ccccc2F)c(F)c1. The van der Waals surface area contributed by atoms with E-state index in [1.807, 2.05) is 0 Å². The summed E-state index contributed by atoms with van der Waals surface area (Å²) in [4.78, 5) is 11.1. The van der Waals surface area contributed by atoms with Crippen molar-refractivity contribution in [1.29, 1.82) is 0 Å². The molecule has 0 aliphatic rings. The van der Waals surface area contributed by atoms with Crippen molar-refractivity contribution in [3.8, 4) is 5.75 Å². The van der Waals surface area contributed by atoms with E-state index in [4.69, 9.17) is 4.74 Å². The van der Waals surface area contributed by atoms with Gasteiger partial charge in [0.25, 0.3) is 0 Å². The molecule has 2 rings (SSSR count). The van der Waals surface area contributed by atoms with Crippen LogP contribution in [0.2, 0.25) is 0 Å². The zero-order chi connectivity index (χ0) is 16.8. The Kier molecular flexibility index (Phi) is 5.65. The van der Waals surface area contributed by atoms with Gasteiger partial charge >= 0.3 is 5.97 Å². The first-order valence-corrected chi connectivity index (χ1v) is 6.91. The van der Waals surface area contributed by atoms with Gasteiger partial charge in [-0.05, 0) is 23.8 Å². The van der Waals surface area contributed by atoms with Gasteiger partial charge in [0.1, 0.15) is 18.5 Å². The Bertz CT molecular complexity index is 688. The van der Waals surface area contributed by atoms with Crippen molar-refractivity contribution in [2.75, 3.05) is 13.7 Å². The summed E-state index contributed by atoms with van der Waals surface area (Å²) in [6, 6.07) is 9.77. The third-order valence-corrected chi connectivity index (χ3v) is 3.23. The number of benzene rings is 2. The third-order valence-electron chi connectivity index (χ3n) is 3.23. The maximum absolute atomic E-state index is 13.9. The van der Waals surface area contributed by atoms with Crippen LogP contribution < -0.4 is 4.74 Å². The molecule has 1 unspecified atom stereocenters. The molecule has 0 radical (unpaired) electrons. The number of halogens is 2. The van der Waals surface area contributed by atoms with Crippen LogP contribution in [0.4, 0.5) is 8.78 Å². The fourth-order valence-corrected chi connectivity index (χ4v) is 2.01. The number of carbonyl (C=O) groups excluding carboxylic acids is 1. The van der Waals surface area contributed by atoms with Crippen molar-refractivity contribution in [3.63, 3.8) is 0 Å². The highest BCUT2D eigenvalue weighted by atomic mass is 19.1. The minimum Gasteiger partial charge on any atom is -0.487 e. The average molecular weight is 322 g/mol. The van der Waals surface area contributed by atoms with Crippen molar-refractivity contribution < 1.29 is 28.2 Å². The van der Waals surface area contributed by atoms with Gasteiger partial charge in [0.15, 0.2) is 11.6 Å². The zero-order valence-electron chi connectivity index (χ0n) is 12.5. The predicted molar refractivity (Wildman–Crippen MR) is 79.0 cm³/mol. The van der Waals surface area contributed by atoms with Gasteiger partial charge in [-0.25, -0.2) is 8.78 Å². The largest absolute Gasteiger partial charge is 0.487 e. The highest BCUT2D eigenvalue weighted by Gasteiger charge is 2.14. The first kappa shape index (κ1) is 16.9. The van der Waals surface area contributed by atoms with Gasteiger partial charge in [-0.15, -0.1) is 0 Å². The maximum atomic E-state index is 13.9. The first-order chi connectivity index (χ1) is 11.0. The molecule has 1 atom stereocenters. The van der Waals surface area contributed by atoms with Gasteiger partial charge in [0.2, 0.25) is 0 Å². The van der Waals surface area contributed by atoms with Crippen LogP contribution in [0.25, 0.3) is 0 Å². The van der Waals surface area contributed by atoms with Gasteiger partial charge in [-0.2, -0.15) is 0 Å². The second kappa shape index (κ2) is 7.69. The van der Waals surface area contributed by atoms with Crippen molar-refractivity contribution in [3.05, 3.63) is 65.2 Å². The van der Waals surface area contributed by atoms with Crippen LogP contribution in [0.1, 0.15) is 17.2 Å². The topological polar surface area (TPSA) is 55.8 Å². The maximum Gasteiger partial charge on any atom is 0.309 e. The Balaban J connectivity index is 2.01. The summed E-state index contributed by atoms with van der Waals surface area (Å²) >= 11 is 0. The quantitative estimate of drug-likeness (QED) is 0.831. The number of carbonyl (C=O) groups is 1. The minimum absolute atomic E-state index is 0.0500. The fourth-order valence-electron chi connectivity index (χ4n) is 2.01. The van der Waals surface area contributed by atoms with Gasteiger partial charge < -0.3 is 14.6 Å². The lowest BCUT2D eigenvalue weighted by atomic mass is 10.1. The van der Waals surface area contributed by atoms with Gasteiger partial charge in [-0.3, -0.25) is 4.79 Å². The average Bonchev–Trinajstić information content (AvgIpc) is 2.54. The molecule has 122 valence electrons. The number of ether oxygens (including phenoxy) is 2. The molecule has 4 nitrogen and oxygen atoms in total. The lowest BCUT2D eigenvalue weighted by Gasteiger charge is -2.14. The van der Waals surface area contributed by atoms with E-state index < -0.39 is 23.7 Å². The lowest BCUT2D eigenvalue weighted by molar-refractivity contribution is -0.139. The molecule has 0 aliphatic carbocycles. The van der Waals surface area contributed by atoms with Crippen molar-refractivity contribution in [2.45, 2.75) is 12.5 Å². The van der Waals surface area contributed by atoms with E-state index in [1.165, 1.54) is 37.4 Å². The van der Waals surface area contributed by atoms with Crippen LogP contribution in [0.5, 0.6) is 5.75 Å². The molecule has 0 aliphatic heterocycles. The molecule has 0 amide bonds. The zero-order valence-corrected chi connectivity index (χ0v) is 12.5. The van der Waals surface area contributed by atoms with Gasteiger partial charge in [0, 0.05) is 5.56 Å². The number of hydrogen-bond acceptors (Lipinski definition) is 4. The summed E-state index contributed by atoms with van der Waals surface area (Å²) in [6.45, 7) is -0.297. The number of methoxy groups -OCH3 is 1. The molecular weight excluding hydrogens is 306 g/mol. The fraction of sp³-hybridized carbons (Fsp3) is 0.235. The Labute approximate surface area is 132 Å². The van der Waals surface area contributed by atoms with E-state index in [0.717, 1.165) is 6.07 Å². The summed E-state index contributed by atoms with van der Waals surface area (Å²) in [6.07, 6.45) is -1.27. The van der Waals surface area contributed by atoms with Crippen LogP contribution in [0.3, 0.4) is 0 Å². The summed E-state index contributed by atoms with van der Waals surface area (Å²) in [7, 11) is 1.25. The molecule has 0 spiro atoms. The molecule has 0 fully saturated rings. The molecule has 2 aromatic carbocycles. The number of rotatable bonds is 6. The molecule has 2 aromatic rings. The summed E-state index contributed by atoms with van der Waals surface area (Å²) in [5.41, 5.74) is 0.520. The highest BCUT2D eigenvalue weighted by Crippen LogP contribution is 2.22. The highest BCUT2D eigenvalue weighted by molar-refractivity contribution is 5.72. The summed E-state index contributed by atoms with van der Waals surface area (Å²) in [5, 5.41) is 9.91. The van der Waals surface area contributed by atoms with Gasteiger partial charge in [-0.1, -0.05) is 24.3 Å². The Morgan fingerprint density at radius 3 is 2.57 bits per heavy atom. The third kappa shape index (κ3) is 4.50. The van der Waals surface area contributed by atoms with Crippen molar-refractivity contribution >= 4 is 5.97 Å². The molecule has 6 heteroatoms. The predicted octanol–water partition coefficient (Wildman–Crippen LogP) is 2.79. The molecular formula is C17H16F2O4. The van der Waals surface area contributed by atoms with E-state index in [0.29, 0.717) is 5.56 Å². The van der Waals surface area contributed by atoms with Crippen molar-refractivity contribution in [2.24, 2.45) is 0 Å². The van der Waals surface area contributed by atoms with E-state index in [1.54, 1.807) is 6.07 Å². The summed E-state index contributed by atoms with van der Waals surface area (Å²) in [5.74, 6) is -1.80. The molecule has 0 saturated heterocycles. The second-order valence-corrected chi connectivity index (χ2v) is 4.87. The van der Waals surface area contributed by atoms with Gasteiger partial charge in [0.05, 0.1) is 13.5 Å².